The first-order chi connectivity index (χ1) is 9.45. The number of nitrogens with zero attached hydrogens (tertiary/aromatic N) is 2. The van der Waals surface area contributed by atoms with E-state index in [0.717, 1.165) is 23.0 Å². The van der Waals surface area contributed by atoms with Crippen molar-refractivity contribution in [2.24, 2.45) is 11.7 Å². The van der Waals surface area contributed by atoms with Gasteiger partial charge in [-0.15, -0.1) is 0 Å². The van der Waals surface area contributed by atoms with Gasteiger partial charge < -0.3 is 10.6 Å². The molecule has 2 N–H and O–H groups in total. The lowest BCUT2D eigenvalue weighted by atomic mass is 10.0. The summed E-state index contributed by atoms with van der Waals surface area (Å²) in [4.78, 5) is 12.8. The molecular formula is C14H20BrN3O2. The average molecular weight is 342 g/mol. The summed E-state index contributed by atoms with van der Waals surface area (Å²) in [6.07, 6.45) is 3.48. The molecule has 0 bridgehead atoms. The van der Waals surface area contributed by atoms with Gasteiger partial charge in [-0.1, -0.05) is 6.42 Å². The van der Waals surface area contributed by atoms with Crippen LogP contribution in [0, 0.1) is 23.0 Å². The lowest BCUT2D eigenvalue weighted by Gasteiger charge is -2.32. The number of hydrogen-bond donors (Lipinski definition) is 1. The van der Waals surface area contributed by atoms with Crippen molar-refractivity contribution in [3.63, 3.8) is 0 Å². The highest BCUT2D eigenvalue weighted by Crippen LogP contribution is 2.37. The zero-order valence-corrected chi connectivity index (χ0v) is 13.4. The van der Waals surface area contributed by atoms with E-state index in [1.54, 1.807) is 13.0 Å². The van der Waals surface area contributed by atoms with Crippen LogP contribution in [0.15, 0.2) is 16.6 Å². The predicted molar refractivity (Wildman–Crippen MR) is 84.1 cm³/mol. The number of hydrogen-bond acceptors (Lipinski definition) is 4. The second-order valence-electron chi connectivity index (χ2n) is 5.45. The Hall–Kier alpha value is -1.14. The number of nitrogens with two attached hydrogens (primary N) is 1. The normalized spacial score (nSPS) is 22.0. The molecule has 0 radical (unpaired) electrons. The number of benzene rings is 1. The van der Waals surface area contributed by atoms with E-state index in [-0.39, 0.29) is 10.6 Å². The third kappa shape index (κ3) is 2.81. The molecule has 1 saturated carbocycles. The predicted octanol–water partition coefficient (Wildman–Crippen LogP) is 3.23. The van der Waals surface area contributed by atoms with Crippen molar-refractivity contribution in [2.75, 3.05) is 18.5 Å². The summed E-state index contributed by atoms with van der Waals surface area (Å²) >= 11 is 3.46. The second-order valence-corrected chi connectivity index (χ2v) is 6.31. The highest BCUT2D eigenvalue weighted by atomic mass is 79.9. The third-order valence-corrected chi connectivity index (χ3v) is 4.90. The average Bonchev–Trinajstić information content (AvgIpc) is 2.88. The first-order valence-corrected chi connectivity index (χ1v) is 7.62. The van der Waals surface area contributed by atoms with E-state index in [1.165, 1.54) is 6.42 Å². The summed E-state index contributed by atoms with van der Waals surface area (Å²) in [6.45, 7) is 2.47. The van der Waals surface area contributed by atoms with E-state index in [9.17, 15) is 10.1 Å². The Labute approximate surface area is 127 Å². The van der Waals surface area contributed by atoms with Crippen LogP contribution in [0.25, 0.3) is 0 Å². The second kappa shape index (κ2) is 6.10. The number of aryl methyl sites for hydroxylation is 1. The largest absolute Gasteiger partial charge is 0.370 e. The van der Waals surface area contributed by atoms with Gasteiger partial charge >= 0.3 is 0 Å². The maximum absolute atomic E-state index is 11.0. The van der Waals surface area contributed by atoms with E-state index in [2.05, 4.69) is 20.8 Å². The van der Waals surface area contributed by atoms with Crippen LogP contribution >= 0.6 is 15.9 Å². The minimum atomic E-state index is -0.345. The van der Waals surface area contributed by atoms with Crippen molar-refractivity contribution < 1.29 is 4.92 Å². The SMILES string of the molecule is Cc1cc(N(C)C2CCCC2CN)c(Br)cc1[N+](=O)[O-]. The molecule has 2 unspecified atom stereocenters. The fraction of sp³-hybridized carbons (Fsp3) is 0.571. The van der Waals surface area contributed by atoms with Crippen molar-refractivity contribution in [3.8, 4) is 0 Å². The van der Waals surface area contributed by atoms with Crippen LogP contribution in [0.1, 0.15) is 24.8 Å². The summed E-state index contributed by atoms with van der Waals surface area (Å²) < 4.78 is 0.764. The molecule has 2 rings (SSSR count). The molecule has 1 fully saturated rings. The van der Waals surface area contributed by atoms with Crippen LogP contribution in [-0.2, 0) is 0 Å². The van der Waals surface area contributed by atoms with Gasteiger partial charge in [-0.05, 0) is 54.2 Å². The van der Waals surface area contributed by atoms with Crippen LogP contribution in [-0.4, -0.2) is 24.6 Å². The topological polar surface area (TPSA) is 72.4 Å². The van der Waals surface area contributed by atoms with Crippen molar-refractivity contribution in [3.05, 3.63) is 32.3 Å². The van der Waals surface area contributed by atoms with E-state index in [4.69, 9.17) is 5.73 Å². The molecule has 1 aromatic rings. The number of anilines is 1. The number of halogens is 1. The summed E-state index contributed by atoms with van der Waals surface area (Å²) in [5, 5.41) is 11.0. The summed E-state index contributed by atoms with van der Waals surface area (Å²) in [5.74, 6) is 0.502. The molecule has 0 amide bonds. The molecule has 110 valence electrons. The van der Waals surface area contributed by atoms with Crippen LogP contribution in [0.3, 0.4) is 0 Å². The molecule has 2 atom stereocenters. The lowest BCUT2D eigenvalue weighted by Crippen LogP contribution is -2.38. The van der Waals surface area contributed by atoms with Gasteiger partial charge in [0, 0.05) is 29.2 Å². The summed E-state index contributed by atoms with van der Waals surface area (Å²) in [5.41, 5.74) is 7.67. The van der Waals surface area contributed by atoms with Crippen molar-refractivity contribution in [1.29, 1.82) is 0 Å². The Kier molecular flexibility index (Phi) is 4.65. The maximum atomic E-state index is 11.0. The Morgan fingerprint density at radius 1 is 1.50 bits per heavy atom. The lowest BCUT2D eigenvalue weighted by molar-refractivity contribution is -0.385. The van der Waals surface area contributed by atoms with Crippen molar-refractivity contribution >= 4 is 27.3 Å². The van der Waals surface area contributed by atoms with Gasteiger partial charge in [-0.2, -0.15) is 0 Å². The van der Waals surface area contributed by atoms with Gasteiger partial charge in [0.1, 0.15) is 0 Å². The molecule has 1 aliphatic rings. The van der Waals surface area contributed by atoms with E-state index in [0.29, 0.717) is 24.1 Å². The van der Waals surface area contributed by atoms with Crippen LogP contribution < -0.4 is 10.6 Å². The van der Waals surface area contributed by atoms with Gasteiger partial charge in [0.15, 0.2) is 0 Å². The van der Waals surface area contributed by atoms with Crippen LogP contribution in [0.2, 0.25) is 0 Å². The molecule has 20 heavy (non-hydrogen) atoms. The van der Waals surface area contributed by atoms with Crippen molar-refractivity contribution in [1.82, 2.24) is 0 Å². The van der Waals surface area contributed by atoms with Crippen LogP contribution in [0.4, 0.5) is 11.4 Å². The minimum Gasteiger partial charge on any atom is -0.370 e. The number of nitro groups is 1. The Morgan fingerprint density at radius 2 is 2.20 bits per heavy atom. The summed E-state index contributed by atoms with van der Waals surface area (Å²) in [6, 6.07) is 3.89. The number of rotatable bonds is 4. The smallest absolute Gasteiger partial charge is 0.273 e. The standard InChI is InChI=1S/C14H20BrN3O2/c1-9-6-14(11(15)7-13(9)18(19)20)17(2)12-5-3-4-10(12)8-16/h6-7,10,12H,3-5,8,16H2,1-2H3. The molecule has 5 nitrogen and oxygen atoms in total. The fourth-order valence-corrected chi connectivity index (χ4v) is 3.71. The third-order valence-electron chi connectivity index (χ3n) is 4.26. The molecule has 1 aromatic carbocycles. The highest BCUT2D eigenvalue weighted by molar-refractivity contribution is 9.10. The van der Waals surface area contributed by atoms with Gasteiger partial charge in [0.2, 0.25) is 0 Å². The minimum absolute atomic E-state index is 0.149. The Morgan fingerprint density at radius 3 is 2.80 bits per heavy atom. The van der Waals surface area contributed by atoms with Gasteiger partial charge in [-0.3, -0.25) is 10.1 Å². The molecule has 0 aromatic heterocycles. The zero-order valence-electron chi connectivity index (χ0n) is 11.8. The van der Waals surface area contributed by atoms with E-state index in [1.807, 2.05) is 13.1 Å². The highest BCUT2D eigenvalue weighted by Gasteiger charge is 2.30. The molecule has 1 aliphatic carbocycles. The first-order valence-electron chi connectivity index (χ1n) is 6.83. The quantitative estimate of drug-likeness (QED) is 0.674. The van der Waals surface area contributed by atoms with Crippen LogP contribution in [0.5, 0.6) is 0 Å². The Balaban J connectivity index is 2.33. The molecule has 0 spiro atoms. The maximum Gasteiger partial charge on any atom is 0.273 e. The van der Waals surface area contributed by atoms with Crippen molar-refractivity contribution in [2.45, 2.75) is 32.2 Å². The van der Waals surface area contributed by atoms with E-state index < -0.39 is 0 Å². The first kappa shape index (κ1) is 15.3. The van der Waals surface area contributed by atoms with Gasteiger partial charge in [0.05, 0.1) is 10.6 Å². The molecular weight excluding hydrogens is 322 g/mol. The zero-order chi connectivity index (χ0) is 14.9. The monoisotopic (exact) mass is 341 g/mol. The van der Waals surface area contributed by atoms with E-state index >= 15 is 0 Å². The summed E-state index contributed by atoms with van der Waals surface area (Å²) in [7, 11) is 2.05. The van der Waals surface area contributed by atoms with Gasteiger partial charge in [0.25, 0.3) is 5.69 Å². The molecule has 0 saturated heterocycles. The number of nitro benzene ring substituents is 1. The molecule has 0 heterocycles. The Bertz CT molecular complexity index is 521. The molecule has 6 heteroatoms. The van der Waals surface area contributed by atoms with Gasteiger partial charge in [-0.25, -0.2) is 0 Å². The fourth-order valence-electron chi connectivity index (χ4n) is 3.10. The molecule has 0 aliphatic heterocycles.